The molecule has 0 bridgehead atoms. The van der Waals surface area contributed by atoms with Gasteiger partial charge in [0.2, 0.25) is 0 Å². The number of benzene rings is 3. The first-order valence-electron chi connectivity index (χ1n) is 12.2. The number of hydrogen-bond donors (Lipinski definition) is 1. The maximum Gasteiger partial charge on any atom is 0.119 e. The molecule has 3 rings (SSSR count). The second-order valence-electron chi connectivity index (χ2n) is 8.20. The van der Waals surface area contributed by atoms with Crippen LogP contribution in [0.4, 0.5) is 5.69 Å². The van der Waals surface area contributed by atoms with Gasteiger partial charge in [0.15, 0.2) is 0 Å². The van der Waals surface area contributed by atoms with E-state index in [0.29, 0.717) is 0 Å². The molecule has 180 valence electrons. The number of nitrogens with zero attached hydrogens (tertiary/aromatic N) is 1. The minimum atomic E-state index is 0.856. The van der Waals surface area contributed by atoms with E-state index in [9.17, 15) is 0 Å². The zero-order chi connectivity index (χ0) is 24.3. The molecule has 3 aromatic rings. The molecule has 4 nitrogen and oxygen atoms in total. The largest absolute Gasteiger partial charge is 0.497 e. The van der Waals surface area contributed by atoms with Crippen molar-refractivity contribution >= 4 is 16.8 Å². The molecule has 3 aromatic carbocycles. The molecule has 0 unspecified atom stereocenters. The lowest BCUT2D eigenvalue weighted by atomic mass is 9.88. The molecule has 0 aliphatic carbocycles. The quantitative estimate of drug-likeness (QED) is 0.302. The molecule has 0 aromatic heterocycles. The second-order valence-corrected chi connectivity index (χ2v) is 8.20. The zero-order valence-electron chi connectivity index (χ0n) is 21.2. The third kappa shape index (κ3) is 6.42. The van der Waals surface area contributed by atoms with Crippen molar-refractivity contribution in [1.82, 2.24) is 4.90 Å². The molecule has 0 amide bonds. The molecule has 0 saturated carbocycles. The lowest BCUT2D eigenvalue weighted by molar-refractivity contribution is 0.316. The van der Waals surface area contributed by atoms with E-state index < -0.39 is 0 Å². The maximum atomic E-state index is 5.54. The normalized spacial score (nSPS) is 11.8. The molecular formula is C30H38N2O2. The van der Waals surface area contributed by atoms with Crippen molar-refractivity contribution in [3.63, 3.8) is 0 Å². The number of allylic oxidation sites excluding steroid dienone is 1. The van der Waals surface area contributed by atoms with Crippen LogP contribution in [-0.2, 0) is 0 Å². The van der Waals surface area contributed by atoms with Crippen molar-refractivity contribution in [2.45, 2.75) is 27.2 Å². The minimum absolute atomic E-state index is 0.856. The van der Waals surface area contributed by atoms with Crippen LogP contribution in [0.3, 0.4) is 0 Å². The Bertz CT molecular complexity index is 1050. The van der Waals surface area contributed by atoms with E-state index in [1.165, 1.54) is 22.3 Å². The summed E-state index contributed by atoms with van der Waals surface area (Å²) in [5.74, 6) is 1.72. The van der Waals surface area contributed by atoms with Gasteiger partial charge < -0.3 is 19.7 Å². The summed E-state index contributed by atoms with van der Waals surface area (Å²) < 4.78 is 10.9. The van der Waals surface area contributed by atoms with Crippen LogP contribution in [0.2, 0.25) is 0 Å². The van der Waals surface area contributed by atoms with Gasteiger partial charge in [0.25, 0.3) is 0 Å². The summed E-state index contributed by atoms with van der Waals surface area (Å²) in [5.41, 5.74) is 7.19. The molecule has 0 radical (unpaired) electrons. The summed E-state index contributed by atoms with van der Waals surface area (Å²) in [4.78, 5) is 2.42. The van der Waals surface area contributed by atoms with Gasteiger partial charge in [-0.3, -0.25) is 0 Å². The fourth-order valence-electron chi connectivity index (χ4n) is 4.26. The van der Waals surface area contributed by atoms with Crippen LogP contribution < -0.4 is 14.8 Å². The maximum absolute atomic E-state index is 5.54. The van der Waals surface area contributed by atoms with Crippen molar-refractivity contribution in [3.05, 3.63) is 89.5 Å². The number of anilines is 1. The van der Waals surface area contributed by atoms with Gasteiger partial charge in [-0.05, 0) is 83.7 Å². The predicted molar refractivity (Wildman–Crippen MR) is 145 cm³/mol. The van der Waals surface area contributed by atoms with Gasteiger partial charge in [-0.2, -0.15) is 0 Å². The van der Waals surface area contributed by atoms with Crippen molar-refractivity contribution in [1.29, 1.82) is 0 Å². The van der Waals surface area contributed by atoms with Gasteiger partial charge in [0.1, 0.15) is 11.5 Å². The number of nitrogens with one attached hydrogen (secondary N) is 1. The van der Waals surface area contributed by atoms with Gasteiger partial charge in [0, 0.05) is 18.8 Å². The molecule has 0 aliphatic heterocycles. The molecule has 1 N–H and O–H groups in total. The van der Waals surface area contributed by atoms with Gasteiger partial charge in [-0.1, -0.05) is 57.2 Å². The third-order valence-electron chi connectivity index (χ3n) is 6.28. The highest BCUT2D eigenvalue weighted by Gasteiger charge is 2.14. The summed E-state index contributed by atoms with van der Waals surface area (Å²) in [5, 5.41) is 3.56. The summed E-state index contributed by atoms with van der Waals surface area (Å²) in [6.07, 6.45) is 0.905. The average Bonchev–Trinajstić information content (AvgIpc) is 2.90. The number of hydrogen-bond acceptors (Lipinski definition) is 4. The zero-order valence-corrected chi connectivity index (χ0v) is 21.2. The lowest BCUT2D eigenvalue weighted by Gasteiger charge is -2.19. The number of ether oxygens (including phenoxy) is 2. The van der Waals surface area contributed by atoms with E-state index in [0.717, 1.165) is 55.3 Å². The van der Waals surface area contributed by atoms with Gasteiger partial charge in [-0.25, -0.2) is 0 Å². The van der Waals surface area contributed by atoms with Crippen LogP contribution in [-0.4, -0.2) is 45.3 Å². The lowest BCUT2D eigenvalue weighted by Crippen LogP contribution is -2.28. The van der Waals surface area contributed by atoms with Crippen LogP contribution >= 0.6 is 0 Å². The van der Waals surface area contributed by atoms with Crippen LogP contribution in [0.15, 0.2) is 72.8 Å². The highest BCUT2D eigenvalue weighted by molar-refractivity contribution is 5.99. The Labute approximate surface area is 205 Å². The SMILES string of the molecule is CCC(=C(c1ccc(NCCN(CC)CC)cc1)c1cccc(OC)c1)c1ccc(OC)cc1. The molecule has 0 fully saturated rings. The van der Waals surface area contributed by atoms with E-state index in [2.05, 4.69) is 85.6 Å². The van der Waals surface area contributed by atoms with Crippen molar-refractivity contribution in [3.8, 4) is 11.5 Å². The van der Waals surface area contributed by atoms with Crippen molar-refractivity contribution < 1.29 is 9.47 Å². The highest BCUT2D eigenvalue weighted by Crippen LogP contribution is 2.36. The highest BCUT2D eigenvalue weighted by atomic mass is 16.5. The monoisotopic (exact) mass is 458 g/mol. The Morgan fingerprint density at radius 1 is 0.735 bits per heavy atom. The molecular weight excluding hydrogens is 420 g/mol. The minimum Gasteiger partial charge on any atom is -0.497 e. The van der Waals surface area contributed by atoms with E-state index in [4.69, 9.17) is 9.47 Å². The average molecular weight is 459 g/mol. The summed E-state index contributed by atoms with van der Waals surface area (Å²) in [6, 6.07) is 25.4. The number of rotatable bonds is 12. The Balaban J connectivity index is 1.99. The molecule has 4 heteroatoms. The molecule has 0 saturated heterocycles. The smallest absolute Gasteiger partial charge is 0.119 e. The number of methoxy groups -OCH3 is 2. The van der Waals surface area contributed by atoms with Crippen LogP contribution in [0.25, 0.3) is 11.1 Å². The molecule has 0 spiro atoms. The Morgan fingerprint density at radius 3 is 1.97 bits per heavy atom. The van der Waals surface area contributed by atoms with E-state index in [1.807, 2.05) is 18.2 Å². The summed E-state index contributed by atoms with van der Waals surface area (Å²) in [6.45, 7) is 10.8. The Morgan fingerprint density at radius 2 is 1.38 bits per heavy atom. The molecule has 0 aliphatic rings. The van der Waals surface area contributed by atoms with E-state index >= 15 is 0 Å². The van der Waals surface area contributed by atoms with Crippen molar-refractivity contribution in [2.75, 3.05) is 45.7 Å². The first kappa shape index (κ1) is 25.4. The van der Waals surface area contributed by atoms with Gasteiger partial charge >= 0.3 is 0 Å². The summed E-state index contributed by atoms with van der Waals surface area (Å²) in [7, 11) is 3.41. The standard InChI is InChI=1S/C30H38N2O2/c1-6-29(23-14-18-27(33-4)19-15-23)30(25-10-9-11-28(22-25)34-5)24-12-16-26(17-13-24)31-20-21-32(7-2)8-3/h9-19,22,31H,6-8,20-21H2,1-5H3. The first-order valence-corrected chi connectivity index (χ1v) is 12.2. The topological polar surface area (TPSA) is 33.7 Å². The fourth-order valence-corrected chi connectivity index (χ4v) is 4.26. The van der Waals surface area contributed by atoms with Crippen LogP contribution in [0.1, 0.15) is 43.9 Å². The Hall–Kier alpha value is -3.24. The molecule has 0 heterocycles. The Kier molecular flexibility index (Phi) is 9.60. The van der Waals surface area contributed by atoms with E-state index in [1.54, 1.807) is 14.2 Å². The van der Waals surface area contributed by atoms with E-state index in [-0.39, 0.29) is 0 Å². The summed E-state index contributed by atoms with van der Waals surface area (Å²) >= 11 is 0. The van der Waals surface area contributed by atoms with Crippen molar-refractivity contribution in [2.24, 2.45) is 0 Å². The van der Waals surface area contributed by atoms with Gasteiger partial charge in [0.05, 0.1) is 14.2 Å². The second kappa shape index (κ2) is 12.9. The van der Waals surface area contributed by atoms with Gasteiger partial charge in [-0.15, -0.1) is 0 Å². The van der Waals surface area contributed by atoms with Crippen LogP contribution in [0, 0.1) is 0 Å². The third-order valence-corrected chi connectivity index (χ3v) is 6.28. The predicted octanol–water partition coefficient (Wildman–Crippen LogP) is 6.83. The number of likely N-dealkylation sites (N-methyl/N-ethyl adjacent to an activating group) is 1. The fraction of sp³-hybridized carbons (Fsp3) is 0.333. The molecule has 34 heavy (non-hydrogen) atoms. The first-order chi connectivity index (χ1) is 16.6. The van der Waals surface area contributed by atoms with Crippen LogP contribution in [0.5, 0.6) is 11.5 Å². The molecule has 0 atom stereocenters.